The lowest BCUT2D eigenvalue weighted by molar-refractivity contribution is -0.110. The normalized spacial score (nSPS) is 16.5. The van der Waals surface area contributed by atoms with E-state index in [9.17, 15) is 4.79 Å². The van der Waals surface area contributed by atoms with Crippen molar-refractivity contribution in [2.45, 2.75) is 12.5 Å². The number of para-hydroxylation sites is 1. The van der Waals surface area contributed by atoms with E-state index in [0.717, 1.165) is 16.5 Å². The van der Waals surface area contributed by atoms with Crippen LogP contribution in [0.5, 0.6) is 0 Å². The van der Waals surface area contributed by atoms with Crippen molar-refractivity contribution in [3.63, 3.8) is 0 Å². The van der Waals surface area contributed by atoms with Gasteiger partial charge in [-0.2, -0.15) is 0 Å². The number of carbonyl (C=O) groups excluding carboxylic acids is 1. The molecule has 3 aromatic rings. The molecule has 0 saturated carbocycles. The Hall–Kier alpha value is -3.21. The van der Waals surface area contributed by atoms with Gasteiger partial charge in [0, 0.05) is 11.8 Å². The molecule has 1 amide bonds. The van der Waals surface area contributed by atoms with Gasteiger partial charge in [-0.05, 0) is 23.8 Å². The second-order valence-electron chi connectivity index (χ2n) is 5.59. The number of hydrogen-bond acceptors (Lipinski definition) is 4. The Morgan fingerprint density at radius 2 is 1.79 bits per heavy atom. The van der Waals surface area contributed by atoms with Gasteiger partial charge < -0.3 is 10.2 Å². The first-order chi connectivity index (χ1) is 11.8. The molecule has 5 heteroatoms. The predicted octanol–water partition coefficient (Wildman–Crippen LogP) is 3.69. The fraction of sp³-hybridized carbons (Fsp3) is 0.105. The minimum atomic E-state index is -0.281. The van der Waals surface area contributed by atoms with E-state index in [0.29, 0.717) is 18.0 Å². The Balaban J connectivity index is 1.46. The molecule has 4 rings (SSSR count). The average Bonchev–Trinajstić information content (AvgIpc) is 3.13. The number of rotatable bonds is 3. The molecule has 0 fully saturated rings. The molecule has 1 aromatic heterocycles. The SMILES string of the molecule is O=C(Nc1ccc2ccccc2n1)C1=NO[C@@H](c2ccccc2)C1. The molecule has 1 aliphatic heterocycles. The molecule has 1 atom stereocenters. The lowest BCUT2D eigenvalue weighted by Crippen LogP contribution is -2.22. The number of aromatic nitrogens is 1. The molecule has 0 radical (unpaired) electrons. The summed E-state index contributed by atoms with van der Waals surface area (Å²) in [4.78, 5) is 22.2. The summed E-state index contributed by atoms with van der Waals surface area (Å²) in [7, 11) is 0. The quantitative estimate of drug-likeness (QED) is 0.801. The van der Waals surface area contributed by atoms with Crippen molar-refractivity contribution >= 4 is 28.3 Å². The molecule has 1 N–H and O–H groups in total. The second kappa shape index (κ2) is 6.12. The van der Waals surface area contributed by atoms with Crippen LogP contribution in [-0.2, 0) is 9.63 Å². The number of anilines is 1. The molecule has 118 valence electrons. The van der Waals surface area contributed by atoms with E-state index in [1.165, 1.54) is 0 Å². The highest BCUT2D eigenvalue weighted by molar-refractivity contribution is 6.43. The summed E-state index contributed by atoms with van der Waals surface area (Å²) in [6, 6.07) is 21.2. The number of oxime groups is 1. The fourth-order valence-corrected chi connectivity index (χ4v) is 2.68. The van der Waals surface area contributed by atoms with Gasteiger partial charge in [-0.25, -0.2) is 4.98 Å². The zero-order valence-electron chi connectivity index (χ0n) is 12.8. The smallest absolute Gasteiger partial charge is 0.274 e. The topological polar surface area (TPSA) is 63.6 Å². The number of hydrogen-bond donors (Lipinski definition) is 1. The summed E-state index contributed by atoms with van der Waals surface area (Å²) in [6.45, 7) is 0. The first-order valence-corrected chi connectivity index (χ1v) is 7.74. The molecule has 0 unspecified atom stereocenters. The Morgan fingerprint density at radius 3 is 2.67 bits per heavy atom. The first kappa shape index (κ1) is 14.4. The minimum absolute atomic E-state index is 0.212. The number of amides is 1. The lowest BCUT2D eigenvalue weighted by Gasteiger charge is -2.07. The third kappa shape index (κ3) is 2.84. The molecular formula is C19H15N3O2. The number of nitrogens with zero attached hydrogens (tertiary/aromatic N) is 2. The van der Waals surface area contributed by atoms with Crippen LogP contribution in [0.25, 0.3) is 10.9 Å². The summed E-state index contributed by atoms with van der Waals surface area (Å²) in [6.07, 6.45) is 0.236. The molecule has 2 heterocycles. The molecule has 2 aromatic carbocycles. The zero-order valence-corrected chi connectivity index (χ0v) is 12.8. The third-order valence-corrected chi connectivity index (χ3v) is 3.94. The number of carbonyl (C=O) groups is 1. The highest BCUT2D eigenvalue weighted by atomic mass is 16.6. The zero-order chi connectivity index (χ0) is 16.4. The molecule has 0 saturated heterocycles. The Kier molecular flexibility index (Phi) is 3.67. The van der Waals surface area contributed by atoms with E-state index < -0.39 is 0 Å². The van der Waals surface area contributed by atoms with Gasteiger partial charge in [0.05, 0.1) is 5.52 Å². The monoisotopic (exact) mass is 317 g/mol. The van der Waals surface area contributed by atoms with Gasteiger partial charge in [0.15, 0.2) is 6.10 Å². The largest absolute Gasteiger partial charge is 0.387 e. The number of pyridine rings is 1. The van der Waals surface area contributed by atoms with Crippen molar-refractivity contribution in [2.24, 2.45) is 5.16 Å². The lowest BCUT2D eigenvalue weighted by atomic mass is 10.0. The summed E-state index contributed by atoms with van der Waals surface area (Å²) in [5.41, 5.74) is 2.22. The molecule has 0 aliphatic carbocycles. The molecule has 1 aliphatic rings. The summed E-state index contributed by atoms with van der Waals surface area (Å²) in [5, 5.41) is 7.74. The van der Waals surface area contributed by atoms with Gasteiger partial charge in [-0.3, -0.25) is 4.79 Å². The van der Waals surface area contributed by atoms with Crippen LogP contribution in [0.2, 0.25) is 0 Å². The Labute approximate surface area is 139 Å². The number of benzene rings is 2. The second-order valence-corrected chi connectivity index (χ2v) is 5.59. The fourth-order valence-electron chi connectivity index (χ4n) is 2.68. The van der Waals surface area contributed by atoms with E-state index in [4.69, 9.17) is 4.84 Å². The minimum Gasteiger partial charge on any atom is -0.387 e. The highest BCUT2D eigenvalue weighted by Crippen LogP contribution is 2.27. The number of fused-ring (bicyclic) bond motifs is 1. The van der Waals surface area contributed by atoms with Crippen LogP contribution >= 0.6 is 0 Å². The van der Waals surface area contributed by atoms with Gasteiger partial charge in [0.2, 0.25) is 0 Å². The number of nitrogens with one attached hydrogen (secondary N) is 1. The summed E-state index contributed by atoms with van der Waals surface area (Å²) < 4.78 is 0. The first-order valence-electron chi connectivity index (χ1n) is 7.74. The molecular weight excluding hydrogens is 302 g/mol. The maximum absolute atomic E-state index is 12.4. The molecule has 5 nitrogen and oxygen atoms in total. The Morgan fingerprint density at radius 1 is 1.00 bits per heavy atom. The predicted molar refractivity (Wildman–Crippen MR) is 92.7 cm³/mol. The Bertz CT molecular complexity index is 922. The third-order valence-electron chi connectivity index (χ3n) is 3.94. The van der Waals surface area contributed by atoms with Crippen molar-refractivity contribution in [2.75, 3.05) is 5.32 Å². The van der Waals surface area contributed by atoms with Crippen LogP contribution in [-0.4, -0.2) is 16.6 Å². The van der Waals surface area contributed by atoms with Gasteiger partial charge in [0.25, 0.3) is 5.91 Å². The van der Waals surface area contributed by atoms with Crippen molar-refractivity contribution < 1.29 is 9.63 Å². The van der Waals surface area contributed by atoms with Crippen LogP contribution in [0, 0.1) is 0 Å². The maximum atomic E-state index is 12.4. The highest BCUT2D eigenvalue weighted by Gasteiger charge is 2.27. The summed E-state index contributed by atoms with van der Waals surface area (Å²) in [5.74, 6) is 0.223. The van der Waals surface area contributed by atoms with Gasteiger partial charge in [-0.1, -0.05) is 53.7 Å². The van der Waals surface area contributed by atoms with E-state index in [2.05, 4.69) is 15.5 Å². The van der Waals surface area contributed by atoms with Crippen LogP contribution in [0.15, 0.2) is 71.9 Å². The van der Waals surface area contributed by atoms with Gasteiger partial charge in [-0.15, -0.1) is 0 Å². The molecule has 24 heavy (non-hydrogen) atoms. The van der Waals surface area contributed by atoms with Crippen LogP contribution < -0.4 is 5.32 Å². The molecule has 0 bridgehead atoms. The van der Waals surface area contributed by atoms with Gasteiger partial charge in [0.1, 0.15) is 11.5 Å². The summed E-state index contributed by atoms with van der Waals surface area (Å²) >= 11 is 0. The van der Waals surface area contributed by atoms with Crippen LogP contribution in [0.1, 0.15) is 18.1 Å². The maximum Gasteiger partial charge on any atom is 0.274 e. The average molecular weight is 317 g/mol. The van der Waals surface area contributed by atoms with E-state index in [-0.39, 0.29) is 12.0 Å². The van der Waals surface area contributed by atoms with E-state index in [1.807, 2.05) is 60.7 Å². The van der Waals surface area contributed by atoms with Gasteiger partial charge >= 0.3 is 0 Å². The van der Waals surface area contributed by atoms with Crippen LogP contribution in [0.3, 0.4) is 0 Å². The standard InChI is InChI=1S/C19H15N3O2/c23-19(16-12-17(24-22-16)14-7-2-1-3-8-14)21-18-11-10-13-6-4-5-9-15(13)20-18/h1-11,17H,12H2,(H,20,21,23)/t17-/m1/s1. The van der Waals surface area contributed by atoms with Crippen LogP contribution in [0.4, 0.5) is 5.82 Å². The van der Waals surface area contributed by atoms with E-state index in [1.54, 1.807) is 6.07 Å². The van der Waals surface area contributed by atoms with E-state index >= 15 is 0 Å². The van der Waals surface area contributed by atoms with Crippen molar-refractivity contribution in [3.8, 4) is 0 Å². The molecule has 0 spiro atoms. The van der Waals surface area contributed by atoms with Crippen molar-refractivity contribution in [3.05, 3.63) is 72.3 Å². The van der Waals surface area contributed by atoms with Crippen molar-refractivity contribution in [1.29, 1.82) is 0 Å². The van der Waals surface area contributed by atoms with Crippen molar-refractivity contribution in [1.82, 2.24) is 4.98 Å².